The van der Waals surface area contributed by atoms with Gasteiger partial charge in [0.15, 0.2) is 0 Å². The van der Waals surface area contributed by atoms with Gasteiger partial charge in [-0.25, -0.2) is 18.1 Å². The lowest BCUT2D eigenvalue weighted by Crippen LogP contribution is -2.30. The predicted octanol–water partition coefficient (Wildman–Crippen LogP) is 3.95. The van der Waals surface area contributed by atoms with E-state index in [0.717, 1.165) is 16.8 Å². The average Bonchev–Trinajstić information content (AvgIpc) is 3.21. The Morgan fingerprint density at radius 3 is 2.11 bits per heavy atom. The molecule has 7 heteroatoms. The van der Waals surface area contributed by atoms with E-state index in [1.54, 1.807) is 30.2 Å². The van der Waals surface area contributed by atoms with Gasteiger partial charge in [0, 0.05) is 13.1 Å². The van der Waals surface area contributed by atoms with Crippen molar-refractivity contribution < 1.29 is 8.42 Å². The quantitative estimate of drug-likeness (QED) is 0.653. The summed E-state index contributed by atoms with van der Waals surface area (Å²) < 4.78 is 29.2. The van der Waals surface area contributed by atoms with Crippen molar-refractivity contribution >= 4 is 10.0 Å². The first-order valence-electron chi connectivity index (χ1n) is 9.14. The highest BCUT2D eigenvalue weighted by Gasteiger charge is 2.27. The first kappa shape index (κ1) is 20.2. The van der Waals surface area contributed by atoms with Gasteiger partial charge < -0.3 is 0 Å². The summed E-state index contributed by atoms with van der Waals surface area (Å²) >= 11 is 0. The lowest BCUT2D eigenvalue weighted by Gasteiger charge is -2.25. The molecular formula is C21H26N4O2S. The summed E-state index contributed by atoms with van der Waals surface area (Å²) in [5.41, 5.74) is 2.86. The monoisotopic (exact) mass is 398 g/mol. The Morgan fingerprint density at radius 2 is 1.61 bits per heavy atom. The molecule has 0 radical (unpaired) electrons. The summed E-state index contributed by atoms with van der Waals surface area (Å²) in [6.45, 7) is 8.20. The molecule has 0 unspecified atom stereocenters. The van der Waals surface area contributed by atoms with Gasteiger partial charge in [0.05, 0.1) is 10.6 Å². The fourth-order valence-electron chi connectivity index (χ4n) is 2.96. The van der Waals surface area contributed by atoms with Crippen LogP contribution in [0.5, 0.6) is 0 Å². The molecule has 0 aliphatic carbocycles. The molecular weight excluding hydrogens is 372 g/mol. The Bertz CT molecular complexity index is 1020. The number of aromatic nitrogens is 3. The van der Waals surface area contributed by atoms with Crippen molar-refractivity contribution in [1.82, 2.24) is 19.1 Å². The molecule has 3 aromatic rings. The third-order valence-corrected chi connectivity index (χ3v) is 6.94. The Morgan fingerprint density at radius 1 is 1.00 bits per heavy atom. The molecule has 0 saturated carbocycles. The van der Waals surface area contributed by atoms with Crippen molar-refractivity contribution in [1.29, 1.82) is 0 Å². The first-order chi connectivity index (χ1) is 13.1. The Kier molecular flexibility index (Phi) is 5.41. The second-order valence-electron chi connectivity index (χ2n) is 7.90. The standard InChI is InChI=1S/C21H26N4O2S/c1-16(17-6-10-19(11-7-17)25-15-22-14-23-25)24(5)28(26,27)20-12-8-18(9-13-20)21(2,3)4/h6-16H,1-5H3/t16-/m0/s1. The molecule has 28 heavy (non-hydrogen) atoms. The fraction of sp³-hybridized carbons (Fsp3) is 0.333. The molecule has 2 aromatic carbocycles. The minimum atomic E-state index is -3.60. The van der Waals surface area contributed by atoms with Crippen LogP contribution in [0.3, 0.4) is 0 Å². The van der Waals surface area contributed by atoms with E-state index in [0.29, 0.717) is 4.90 Å². The van der Waals surface area contributed by atoms with Crippen molar-refractivity contribution in [2.24, 2.45) is 0 Å². The maximum absolute atomic E-state index is 13.1. The van der Waals surface area contributed by atoms with E-state index in [2.05, 4.69) is 30.9 Å². The lowest BCUT2D eigenvalue weighted by molar-refractivity contribution is 0.398. The number of hydrogen-bond acceptors (Lipinski definition) is 4. The molecule has 148 valence electrons. The van der Waals surface area contributed by atoms with Crippen LogP contribution < -0.4 is 0 Å². The van der Waals surface area contributed by atoms with Crippen LogP contribution in [-0.4, -0.2) is 34.5 Å². The van der Waals surface area contributed by atoms with Gasteiger partial charge in [0.2, 0.25) is 10.0 Å². The molecule has 0 fully saturated rings. The zero-order chi connectivity index (χ0) is 20.5. The topological polar surface area (TPSA) is 68.1 Å². The zero-order valence-corrected chi connectivity index (χ0v) is 17.7. The predicted molar refractivity (Wildman–Crippen MR) is 110 cm³/mol. The number of benzene rings is 2. The summed E-state index contributed by atoms with van der Waals surface area (Å²) in [5.74, 6) is 0. The third kappa shape index (κ3) is 4.00. The van der Waals surface area contributed by atoms with Crippen LogP contribution in [0.2, 0.25) is 0 Å². The minimum absolute atomic E-state index is 0.0205. The van der Waals surface area contributed by atoms with E-state index in [9.17, 15) is 8.42 Å². The second-order valence-corrected chi connectivity index (χ2v) is 9.90. The highest BCUT2D eigenvalue weighted by molar-refractivity contribution is 7.89. The molecule has 0 N–H and O–H groups in total. The minimum Gasteiger partial charge on any atom is -0.223 e. The highest BCUT2D eigenvalue weighted by Crippen LogP contribution is 2.28. The number of sulfonamides is 1. The van der Waals surface area contributed by atoms with E-state index < -0.39 is 10.0 Å². The molecule has 3 rings (SSSR count). The third-order valence-electron chi connectivity index (χ3n) is 5.00. The van der Waals surface area contributed by atoms with E-state index in [4.69, 9.17) is 0 Å². The maximum Gasteiger partial charge on any atom is 0.243 e. The maximum atomic E-state index is 13.1. The smallest absolute Gasteiger partial charge is 0.223 e. The summed E-state index contributed by atoms with van der Waals surface area (Å²) in [4.78, 5) is 4.24. The second kappa shape index (κ2) is 7.48. The summed E-state index contributed by atoms with van der Waals surface area (Å²) in [6.07, 6.45) is 3.10. The molecule has 1 aromatic heterocycles. The van der Waals surface area contributed by atoms with Crippen LogP contribution in [-0.2, 0) is 15.4 Å². The molecule has 0 saturated heterocycles. The lowest BCUT2D eigenvalue weighted by atomic mass is 9.87. The molecule has 1 atom stereocenters. The van der Waals surface area contributed by atoms with Crippen LogP contribution in [0.15, 0.2) is 66.1 Å². The molecule has 0 amide bonds. The molecule has 0 spiro atoms. The van der Waals surface area contributed by atoms with Crippen molar-refractivity contribution in [2.75, 3.05) is 7.05 Å². The average molecular weight is 399 g/mol. The normalized spacial score (nSPS) is 13.6. The van der Waals surface area contributed by atoms with Gasteiger partial charge >= 0.3 is 0 Å². The molecule has 0 bridgehead atoms. The van der Waals surface area contributed by atoms with E-state index in [-0.39, 0.29) is 11.5 Å². The van der Waals surface area contributed by atoms with E-state index in [1.165, 1.54) is 10.6 Å². The first-order valence-corrected chi connectivity index (χ1v) is 10.6. The van der Waals surface area contributed by atoms with Crippen molar-refractivity contribution in [3.8, 4) is 5.69 Å². The summed E-state index contributed by atoms with van der Waals surface area (Å²) in [5, 5.41) is 4.10. The van der Waals surface area contributed by atoms with Gasteiger partial charge in [-0.1, -0.05) is 45.0 Å². The number of rotatable bonds is 5. The Balaban J connectivity index is 1.82. The molecule has 0 aliphatic heterocycles. The number of hydrogen-bond donors (Lipinski definition) is 0. The van der Waals surface area contributed by atoms with Gasteiger partial charge in [-0.15, -0.1) is 0 Å². The van der Waals surface area contributed by atoms with E-state index >= 15 is 0 Å². The SMILES string of the molecule is C[C@@H](c1ccc(-n2cncn2)cc1)N(C)S(=O)(=O)c1ccc(C(C)(C)C)cc1. The fourth-order valence-corrected chi connectivity index (χ4v) is 4.31. The van der Waals surface area contributed by atoms with Crippen LogP contribution >= 0.6 is 0 Å². The van der Waals surface area contributed by atoms with Gasteiger partial charge in [-0.2, -0.15) is 9.40 Å². The van der Waals surface area contributed by atoms with Gasteiger partial charge in [-0.05, 0) is 47.7 Å². The van der Waals surface area contributed by atoms with Crippen molar-refractivity contribution in [3.63, 3.8) is 0 Å². The van der Waals surface area contributed by atoms with E-state index in [1.807, 2.05) is 43.3 Å². The zero-order valence-electron chi connectivity index (χ0n) is 16.9. The van der Waals surface area contributed by atoms with Crippen LogP contribution in [0.4, 0.5) is 0 Å². The van der Waals surface area contributed by atoms with Gasteiger partial charge in [0.25, 0.3) is 0 Å². The van der Waals surface area contributed by atoms with Crippen molar-refractivity contribution in [3.05, 3.63) is 72.3 Å². The Hall–Kier alpha value is -2.51. The molecule has 1 heterocycles. The Labute approximate surface area is 166 Å². The highest BCUT2D eigenvalue weighted by atomic mass is 32.2. The molecule has 6 nitrogen and oxygen atoms in total. The van der Waals surface area contributed by atoms with Gasteiger partial charge in [0.1, 0.15) is 12.7 Å². The van der Waals surface area contributed by atoms with Crippen molar-refractivity contribution in [2.45, 2.75) is 44.0 Å². The largest absolute Gasteiger partial charge is 0.243 e. The van der Waals surface area contributed by atoms with Crippen LogP contribution in [0.25, 0.3) is 5.69 Å². The number of nitrogens with zero attached hydrogens (tertiary/aromatic N) is 4. The molecule has 0 aliphatic rings. The summed E-state index contributed by atoms with van der Waals surface area (Å²) in [6, 6.07) is 14.5. The van der Waals surface area contributed by atoms with Crippen LogP contribution in [0.1, 0.15) is 44.9 Å². The summed E-state index contributed by atoms with van der Waals surface area (Å²) in [7, 11) is -1.98. The van der Waals surface area contributed by atoms with Crippen LogP contribution in [0, 0.1) is 0 Å². The van der Waals surface area contributed by atoms with Gasteiger partial charge in [-0.3, -0.25) is 0 Å².